The molecule has 0 saturated carbocycles. The van der Waals surface area contributed by atoms with Crippen molar-refractivity contribution in [2.24, 2.45) is 0 Å². The topological polar surface area (TPSA) is 93.1 Å². The van der Waals surface area contributed by atoms with Crippen LogP contribution < -0.4 is 0 Å². The summed E-state index contributed by atoms with van der Waals surface area (Å²) in [6.45, 7) is 1.75. The average Bonchev–Trinajstić information content (AvgIpc) is 3.26. The molecular formula is C24H22F4N4O3S. The second-order valence-electron chi connectivity index (χ2n) is 8.66. The van der Waals surface area contributed by atoms with Crippen LogP contribution in [0.15, 0.2) is 59.9 Å². The average molecular weight is 523 g/mol. The summed E-state index contributed by atoms with van der Waals surface area (Å²) in [7, 11) is -4.02. The van der Waals surface area contributed by atoms with Crippen LogP contribution >= 0.6 is 0 Å². The van der Waals surface area contributed by atoms with Crippen molar-refractivity contribution >= 4 is 15.8 Å². The third-order valence-corrected chi connectivity index (χ3v) is 8.30. The molecule has 4 rings (SSSR count). The zero-order chi connectivity index (χ0) is 26.1. The van der Waals surface area contributed by atoms with Gasteiger partial charge in [0, 0.05) is 24.9 Å². The fourth-order valence-corrected chi connectivity index (χ4v) is 6.06. The molecule has 190 valence electrons. The first-order valence-electron chi connectivity index (χ1n) is 11.1. The summed E-state index contributed by atoms with van der Waals surface area (Å²) >= 11 is 0. The van der Waals surface area contributed by atoms with Crippen molar-refractivity contribution in [3.05, 3.63) is 72.1 Å². The zero-order valence-corrected chi connectivity index (χ0v) is 20.0. The van der Waals surface area contributed by atoms with Crippen LogP contribution in [-0.4, -0.2) is 45.5 Å². The van der Waals surface area contributed by atoms with E-state index in [9.17, 15) is 30.8 Å². The molecule has 0 bridgehead atoms. The molecule has 3 aromatic rings. The van der Waals surface area contributed by atoms with E-state index in [4.69, 9.17) is 0 Å². The molecule has 1 aromatic carbocycles. The lowest BCUT2D eigenvalue weighted by atomic mass is 9.91. The zero-order valence-electron chi connectivity index (χ0n) is 19.2. The van der Waals surface area contributed by atoms with Crippen molar-refractivity contribution < 1.29 is 30.8 Å². The number of Topliss-reactive ketones (excluding diaryl/α,β-unsaturated/α-hetero) is 1. The number of hydrogen-bond acceptors (Lipinski definition) is 6. The molecule has 0 unspecified atom stereocenters. The van der Waals surface area contributed by atoms with Gasteiger partial charge in [0.15, 0.2) is 5.78 Å². The highest BCUT2D eigenvalue weighted by molar-refractivity contribution is 7.89. The molecule has 36 heavy (non-hydrogen) atoms. The highest BCUT2D eigenvalue weighted by Crippen LogP contribution is 2.36. The van der Waals surface area contributed by atoms with Gasteiger partial charge in [0.05, 0.1) is 27.4 Å². The Morgan fingerprint density at radius 2 is 1.78 bits per heavy atom. The summed E-state index contributed by atoms with van der Waals surface area (Å²) in [6, 6.07) is 8.10. The molecule has 1 fully saturated rings. The first-order valence-corrected chi connectivity index (χ1v) is 12.5. The van der Waals surface area contributed by atoms with E-state index in [0.717, 1.165) is 24.4 Å². The second-order valence-corrected chi connectivity index (χ2v) is 10.5. The van der Waals surface area contributed by atoms with Gasteiger partial charge in [0.2, 0.25) is 10.0 Å². The highest BCUT2D eigenvalue weighted by atomic mass is 32.2. The molecule has 1 atom stereocenters. The third kappa shape index (κ3) is 5.14. The Morgan fingerprint density at radius 3 is 2.42 bits per heavy atom. The number of ketones is 1. The molecule has 1 aliphatic heterocycles. The molecule has 0 aliphatic carbocycles. The van der Waals surface area contributed by atoms with Gasteiger partial charge in [0.25, 0.3) is 0 Å². The second kappa shape index (κ2) is 9.66. The lowest BCUT2D eigenvalue weighted by molar-refractivity contribution is -0.137. The van der Waals surface area contributed by atoms with Crippen LogP contribution in [0.2, 0.25) is 0 Å². The first-order chi connectivity index (χ1) is 16.9. The maximum absolute atomic E-state index is 13.3. The van der Waals surface area contributed by atoms with Gasteiger partial charge < -0.3 is 0 Å². The molecule has 12 heteroatoms. The van der Waals surface area contributed by atoms with Crippen LogP contribution in [0.4, 0.5) is 17.6 Å². The van der Waals surface area contributed by atoms with Crippen molar-refractivity contribution in [1.29, 1.82) is 0 Å². The van der Waals surface area contributed by atoms with E-state index in [2.05, 4.69) is 15.0 Å². The van der Waals surface area contributed by atoms with Crippen molar-refractivity contribution in [2.75, 3.05) is 6.54 Å². The predicted molar refractivity (Wildman–Crippen MR) is 122 cm³/mol. The fourth-order valence-electron chi connectivity index (χ4n) is 4.23. The number of nitrogens with zero attached hydrogens (tertiary/aromatic N) is 4. The summed E-state index contributed by atoms with van der Waals surface area (Å²) in [5.41, 5.74) is -1.16. The minimum Gasteiger partial charge on any atom is -0.298 e. The molecule has 0 amide bonds. The highest BCUT2D eigenvalue weighted by Gasteiger charge is 2.48. The predicted octanol–water partition coefficient (Wildman–Crippen LogP) is 4.44. The van der Waals surface area contributed by atoms with Crippen LogP contribution in [0.25, 0.3) is 11.4 Å². The van der Waals surface area contributed by atoms with Gasteiger partial charge in [-0.25, -0.2) is 22.8 Å². The van der Waals surface area contributed by atoms with Gasteiger partial charge in [-0.3, -0.25) is 9.78 Å². The van der Waals surface area contributed by atoms with E-state index in [-0.39, 0.29) is 35.8 Å². The summed E-state index contributed by atoms with van der Waals surface area (Å²) in [6.07, 6.45) is -1.54. The number of aromatic nitrogens is 3. The van der Waals surface area contributed by atoms with Gasteiger partial charge in [0.1, 0.15) is 12.1 Å². The normalized spacial score (nSPS) is 18.9. The molecule has 1 aliphatic rings. The molecule has 2 aromatic heterocycles. The van der Waals surface area contributed by atoms with Gasteiger partial charge >= 0.3 is 6.18 Å². The molecule has 0 spiro atoms. The Morgan fingerprint density at radius 1 is 1.06 bits per heavy atom. The maximum Gasteiger partial charge on any atom is 0.417 e. The number of benzene rings is 1. The van der Waals surface area contributed by atoms with Crippen molar-refractivity contribution in [2.45, 2.75) is 49.2 Å². The number of hydrogen-bond donors (Lipinski definition) is 0. The minimum atomic E-state index is -4.50. The SMILES string of the molecule is C[C@@]1(C(=O)CCc2cc(-c3ccc(C(F)(F)F)cn3)ncn2)CCCN1S(=O)(=O)c1ccc(F)cc1. The summed E-state index contributed by atoms with van der Waals surface area (Å²) in [5, 5.41) is 0. The third-order valence-electron chi connectivity index (χ3n) is 6.26. The van der Waals surface area contributed by atoms with Crippen molar-refractivity contribution in [3.8, 4) is 11.4 Å². The molecule has 0 radical (unpaired) electrons. The molecule has 3 heterocycles. The van der Waals surface area contributed by atoms with E-state index >= 15 is 0 Å². The molecule has 1 saturated heterocycles. The lowest BCUT2D eigenvalue weighted by Crippen LogP contribution is -2.50. The number of sulfonamides is 1. The van der Waals surface area contributed by atoms with Crippen LogP contribution in [0, 0.1) is 5.82 Å². The monoisotopic (exact) mass is 522 g/mol. The van der Waals surface area contributed by atoms with E-state index in [0.29, 0.717) is 24.2 Å². The standard InChI is InChI=1S/C24H22F4N4O3S/c1-23(11-2-12-32(23)36(34,35)19-7-4-17(25)5-8-19)22(33)10-6-18-13-21(31-15-30-18)20-9-3-16(14-29-20)24(26,27)28/h3-5,7-9,13-15H,2,6,10-12H2,1H3/t23-/m0/s1. The summed E-state index contributed by atoms with van der Waals surface area (Å²) < 4.78 is 79.2. The summed E-state index contributed by atoms with van der Waals surface area (Å²) in [5.74, 6) is -0.858. The van der Waals surface area contributed by atoms with E-state index in [1.165, 1.54) is 34.9 Å². The molecular weight excluding hydrogens is 500 g/mol. The van der Waals surface area contributed by atoms with Crippen LogP contribution in [-0.2, 0) is 27.4 Å². The number of rotatable bonds is 7. The Labute approximate surface area is 205 Å². The maximum atomic E-state index is 13.3. The Balaban J connectivity index is 1.48. The molecule has 7 nitrogen and oxygen atoms in total. The van der Waals surface area contributed by atoms with Crippen molar-refractivity contribution in [3.63, 3.8) is 0 Å². The number of pyridine rings is 1. The first kappa shape index (κ1) is 25.8. The van der Waals surface area contributed by atoms with Crippen molar-refractivity contribution in [1.82, 2.24) is 19.3 Å². The lowest BCUT2D eigenvalue weighted by Gasteiger charge is -2.33. The number of carbonyl (C=O) groups excluding carboxylic acids is 1. The number of halogens is 4. The Bertz CT molecular complexity index is 1360. The van der Waals surface area contributed by atoms with Crippen LogP contribution in [0.5, 0.6) is 0 Å². The van der Waals surface area contributed by atoms with E-state index < -0.39 is 33.1 Å². The van der Waals surface area contributed by atoms with E-state index in [1.54, 1.807) is 6.92 Å². The minimum absolute atomic E-state index is 0.0111. The quantitative estimate of drug-likeness (QED) is 0.426. The smallest absolute Gasteiger partial charge is 0.298 e. The Hall–Kier alpha value is -3.25. The molecule has 0 N–H and O–H groups in total. The van der Waals surface area contributed by atoms with Crippen LogP contribution in [0.1, 0.15) is 37.4 Å². The van der Waals surface area contributed by atoms with Gasteiger partial charge in [-0.1, -0.05) is 0 Å². The van der Waals surface area contributed by atoms with Crippen LogP contribution in [0.3, 0.4) is 0 Å². The Kier molecular flexibility index (Phi) is 6.93. The largest absolute Gasteiger partial charge is 0.417 e. The number of aryl methyl sites for hydroxylation is 1. The number of carbonyl (C=O) groups is 1. The van der Waals surface area contributed by atoms with Gasteiger partial charge in [-0.2, -0.15) is 17.5 Å². The number of alkyl halides is 3. The van der Waals surface area contributed by atoms with E-state index in [1.807, 2.05) is 0 Å². The van der Waals surface area contributed by atoms with Gasteiger partial charge in [-0.05, 0) is 68.7 Å². The fraction of sp³-hybridized carbons (Fsp3) is 0.333. The van der Waals surface area contributed by atoms with Gasteiger partial charge in [-0.15, -0.1) is 0 Å². The summed E-state index contributed by atoms with van der Waals surface area (Å²) in [4.78, 5) is 25.2.